The van der Waals surface area contributed by atoms with E-state index >= 15 is 0 Å². The zero-order valence-corrected chi connectivity index (χ0v) is 15.6. The van der Waals surface area contributed by atoms with Crippen LogP contribution in [0.5, 0.6) is 0 Å². The van der Waals surface area contributed by atoms with Gasteiger partial charge in [-0.2, -0.15) is 0 Å². The lowest BCUT2D eigenvalue weighted by atomic mass is 10.0. The largest absolute Gasteiger partial charge is 0.398 e. The smallest absolute Gasteiger partial charge is 0.255 e. The predicted octanol–water partition coefficient (Wildman–Crippen LogP) is 0.960. The minimum Gasteiger partial charge on any atom is -0.398 e. The topological polar surface area (TPSA) is 122 Å². The summed E-state index contributed by atoms with van der Waals surface area (Å²) in [4.78, 5) is 50.1. The second kappa shape index (κ2) is 7.38. The van der Waals surface area contributed by atoms with E-state index in [-0.39, 0.29) is 30.7 Å². The first-order valence-corrected chi connectivity index (χ1v) is 9.33. The number of fused-ring (bicyclic) bond motifs is 1. The van der Waals surface area contributed by atoms with Crippen LogP contribution in [0.15, 0.2) is 42.5 Å². The number of imide groups is 1. The lowest BCUT2D eigenvalue weighted by Crippen LogP contribution is -2.52. The van der Waals surface area contributed by atoms with Gasteiger partial charge in [-0.05, 0) is 41.8 Å². The molecule has 0 spiro atoms. The highest BCUT2D eigenvalue weighted by Gasteiger charge is 2.39. The van der Waals surface area contributed by atoms with E-state index < -0.39 is 11.9 Å². The molecule has 148 valence electrons. The fraction of sp³-hybridized carbons (Fsp3) is 0.238. The lowest BCUT2D eigenvalue weighted by Gasteiger charge is -2.29. The molecule has 4 N–H and O–H groups in total. The van der Waals surface area contributed by atoms with Crippen LogP contribution in [0, 0.1) is 0 Å². The lowest BCUT2D eigenvalue weighted by molar-refractivity contribution is -0.136. The second-order valence-electron chi connectivity index (χ2n) is 7.15. The van der Waals surface area contributed by atoms with Crippen LogP contribution < -0.4 is 16.4 Å². The van der Waals surface area contributed by atoms with E-state index in [4.69, 9.17) is 5.73 Å². The van der Waals surface area contributed by atoms with Gasteiger partial charge in [-0.1, -0.05) is 18.2 Å². The highest BCUT2D eigenvalue weighted by molar-refractivity contribution is 6.06. The minimum absolute atomic E-state index is 0.201. The molecule has 2 aliphatic heterocycles. The number of para-hydroxylation sites is 1. The molecule has 0 saturated carbocycles. The van der Waals surface area contributed by atoms with Crippen molar-refractivity contribution < 1.29 is 19.2 Å². The summed E-state index contributed by atoms with van der Waals surface area (Å²) in [7, 11) is 0. The van der Waals surface area contributed by atoms with Crippen molar-refractivity contribution in [2.75, 3.05) is 5.73 Å². The standard InChI is InChI=1S/C21H20N4O4/c22-16-4-2-1-3-13(16)10-23-19(27)12-5-6-15-14(9-12)11-25(21(15)29)17-7-8-18(26)24-20(17)28/h1-6,9,17H,7-8,10-11,22H2,(H,23,27)(H,24,26,28). The van der Waals surface area contributed by atoms with Crippen LogP contribution in [0.1, 0.15) is 44.7 Å². The zero-order chi connectivity index (χ0) is 20.5. The van der Waals surface area contributed by atoms with Gasteiger partial charge < -0.3 is 16.0 Å². The summed E-state index contributed by atoms with van der Waals surface area (Å²) in [5.41, 5.74) is 8.90. The fourth-order valence-corrected chi connectivity index (χ4v) is 3.69. The van der Waals surface area contributed by atoms with Gasteiger partial charge in [-0.15, -0.1) is 0 Å². The molecule has 1 fully saturated rings. The van der Waals surface area contributed by atoms with Gasteiger partial charge in [0.05, 0.1) is 0 Å². The highest BCUT2D eigenvalue weighted by Crippen LogP contribution is 2.28. The molecule has 4 rings (SSSR count). The van der Waals surface area contributed by atoms with Gasteiger partial charge in [0.15, 0.2) is 0 Å². The molecule has 0 aromatic heterocycles. The number of anilines is 1. The van der Waals surface area contributed by atoms with Gasteiger partial charge in [-0.25, -0.2) is 0 Å². The molecule has 2 aromatic rings. The van der Waals surface area contributed by atoms with E-state index in [1.165, 1.54) is 4.90 Å². The van der Waals surface area contributed by atoms with Gasteiger partial charge in [0, 0.05) is 36.3 Å². The molecule has 1 atom stereocenters. The Hall–Kier alpha value is -3.68. The quantitative estimate of drug-likeness (QED) is 0.529. The number of hydrogen-bond donors (Lipinski definition) is 3. The summed E-state index contributed by atoms with van der Waals surface area (Å²) in [6, 6.07) is 11.5. The molecule has 2 aromatic carbocycles. The van der Waals surface area contributed by atoms with Crippen molar-refractivity contribution in [2.24, 2.45) is 0 Å². The molecule has 29 heavy (non-hydrogen) atoms. The number of amides is 4. The van der Waals surface area contributed by atoms with Crippen LogP contribution in [0.3, 0.4) is 0 Å². The monoisotopic (exact) mass is 392 g/mol. The molecule has 4 amide bonds. The average molecular weight is 392 g/mol. The van der Waals surface area contributed by atoms with Crippen LogP contribution in [-0.2, 0) is 22.7 Å². The SMILES string of the molecule is Nc1ccccc1CNC(=O)c1ccc2c(c1)CN(C1CCC(=O)NC1=O)C2=O. The number of rotatable bonds is 4. The number of hydrogen-bond acceptors (Lipinski definition) is 5. The summed E-state index contributed by atoms with van der Waals surface area (Å²) < 4.78 is 0. The number of nitrogen functional groups attached to an aromatic ring is 1. The molecule has 0 radical (unpaired) electrons. The van der Waals surface area contributed by atoms with E-state index in [9.17, 15) is 19.2 Å². The number of benzene rings is 2. The maximum atomic E-state index is 12.7. The summed E-state index contributed by atoms with van der Waals surface area (Å²) >= 11 is 0. The Morgan fingerprint density at radius 2 is 1.97 bits per heavy atom. The number of carbonyl (C=O) groups excluding carboxylic acids is 4. The fourth-order valence-electron chi connectivity index (χ4n) is 3.69. The van der Waals surface area contributed by atoms with Crippen molar-refractivity contribution in [1.29, 1.82) is 0 Å². The summed E-state index contributed by atoms with van der Waals surface area (Å²) in [6.07, 6.45) is 0.503. The molecule has 0 aliphatic carbocycles. The van der Waals surface area contributed by atoms with E-state index in [1.807, 2.05) is 18.2 Å². The molecule has 1 saturated heterocycles. The second-order valence-corrected chi connectivity index (χ2v) is 7.15. The number of nitrogens with zero attached hydrogens (tertiary/aromatic N) is 1. The predicted molar refractivity (Wildman–Crippen MR) is 105 cm³/mol. The van der Waals surface area contributed by atoms with E-state index in [1.54, 1.807) is 24.3 Å². The Morgan fingerprint density at radius 3 is 2.72 bits per heavy atom. The maximum Gasteiger partial charge on any atom is 0.255 e. The zero-order valence-electron chi connectivity index (χ0n) is 15.6. The van der Waals surface area contributed by atoms with Gasteiger partial charge >= 0.3 is 0 Å². The van der Waals surface area contributed by atoms with Gasteiger partial charge in [0.2, 0.25) is 11.8 Å². The normalized spacial score (nSPS) is 18.4. The van der Waals surface area contributed by atoms with E-state index in [0.29, 0.717) is 35.3 Å². The van der Waals surface area contributed by atoms with Crippen LogP contribution >= 0.6 is 0 Å². The van der Waals surface area contributed by atoms with E-state index in [0.717, 1.165) is 5.56 Å². The molecule has 8 nitrogen and oxygen atoms in total. The number of carbonyl (C=O) groups is 4. The van der Waals surface area contributed by atoms with Crippen LogP contribution in [0.2, 0.25) is 0 Å². The third kappa shape index (κ3) is 3.56. The van der Waals surface area contributed by atoms with Gasteiger partial charge in [0.1, 0.15) is 6.04 Å². The Labute approximate surface area is 167 Å². The Morgan fingerprint density at radius 1 is 1.17 bits per heavy atom. The van der Waals surface area contributed by atoms with Crippen molar-refractivity contribution in [3.05, 3.63) is 64.7 Å². The molecule has 1 unspecified atom stereocenters. The van der Waals surface area contributed by atoms with Crippen LogP contribution in [-0.4, -0.2) is 34.6 Å². The molecule has 2 aliphatic rings. The third-order valence-corrected chi connectivity index (χ3v) is 5.28. The Bertz CT molecular complexity index is 1030. The average Bonchev–Trinajstić information content (AvgIpc) is 3.03. The summed E-state index contributed by atoms with van der Waals surface area (Å²) in [5, 5.41) is 5.10. The summed E-state index contributed by atoms with van der Waals surface area (Å²) in [6.45, 7) is 0.525. The minimum atomic E-state index is -0.675. The third-order valence-electron chi connectivity index (χ3n) is 5.28. The maximum absolute atomic E-state index is 12.7. The van der Waals surface area contributed by atoms with Crippen LogP contribution in [0.25, 0.3) is 0 Å². The highest BCUT2D eigenvalue weighted by atomic mass is 16.2. The van der Waals surface area contributed by atoms with Crippen molar-refractivity contribution in [3.8, 4) is 0 Å². The number of nitrogens with two attached hydrogens (primary N) is 1. The summed E-state index contributed by atoms with van der Waals surface area (Å²) in [5.74, 6) is -1.32. The molecular weight excluding hydrogens is 372 g/mol. The first-order valence-electron chi connectivity index (χ1n) is 9.33. The Kier molecular flexibility index (Phi) is 4.75. The van der Waals surface area contributed by atoms with Crippen molar-refractivity contribution in [1.82, 2.24) is 15.5 Å². The molecular formula is C21H20N4O4. The number of piperidine rings is 1. The van der Waals surface area contributed by atoms with E-state index in [2.05, 4.69) is 10.6 Å². The van der Waals surface area contributed by atoms with Gasteiger partial charge in [0.25, 0.3) is 11.8 Å². The number of nitrogens with one attached hydrogen (secondary N) is 2. The first-order chi connectivity index (χ1) is 13.9. The van der Waals surface area contributed by atoms with Crippen molar-refractivity contribution >= 4 is 29.3 Å². The molecule has 2 heterocycles. The first kappa shape index (κ1) is 18.7. The molecule has 8 heteroatoms. The van der Waals surface area contributed by atoms with Crippen molar-refractivity contribution in [2.45, 2.75) is 32.0 Å². The van der Waals surface area contributed by atoms with Gasteiger partial charge in [-0.3, -0.25) is 24.5 Å². The van der Waals surface area contributed by atoms with Crippen molar-refractivity contribution in [3.63, 3.8) is 0 Å². The molecule has 0 bridgehead atoms. The Balaban J connectivity index is 1.47. The van der Waals surface area contributed by atoms with Crippen LogP contribution in [0.4, 0.5) is 5.69 Å².